The molecule has 1 aliphatic heterocycles. The van der Waals surface area contributed by atoms with Crippen LogP contribution in [0.1, 0.15) is 32.3 Å². The molecular formula is C23H22F2N4O3. The summed E-state index contributed by atoms with van der Waals surface area (Å²) in [5.74, 6) is -1.88. The zero-order valence-electron chi connectivity index (χ0n) is 17.6. The molecule has 1 saturated heterocycles. The van der Waals surface area contributed by atoms with Gasteiger partial charge in [0.1, 0.15) is 17.2 Å². The predicted molar refractivity (Wildman–Crippen MR) is 114 cm³/mol. The number of hydrogen-bond donors (Lipinski definition) is 3. The van der Waals surface area contributed by atoms with Crippen molar-refractivity contribution in [1.82, 2.24) is 20.7 Å². The van der Waals surface area contributed by atoms with Crippen molar-refractivity contribution in [3.8, 4) is 11.3 Å². The smallest absolute Gasteiger partial charge is 0.344 e. The number of carbonyl (C=O) groups excluding carboxylic acids is 3. The average Bonchev–Trinajstić information content (AvgIpc) is 3.22. The molecule has 3 N–H and O–H groups in total. The van der Waals surface area contributed by atoms with E-state index in [9.17, 15) is 23.2 Å². The van der Waals surface area contributed by atoms with E-state index in [1.807, 2.05) is 0 Å². The molecule has 3 aromatic rings. The maximum absolute atomic E-state index is 13.9. The van der Waals surface area contributed by atoms with Crippen LogP contribution < -0.4 is 10.7 Å². The summed E-state index contributed by atoms with van der Waals surface area (Å²) in [6.07, 6.45) is 0.528. The maximum Gasteiger partial charge on any atom is 0.344 e. The van der Waals surface area contributed by atoms with Gasteiger partial charge in [-0.2, -0.15) is 5.01 Å². The molecule has 2 heterocycles. The Morgan fingerprint density at radius 2 is 1.78 bits per heavy atom. The van der Waals surface area contributed by atoms with Crippen molar-refractivity contribution in [2.45, 2.75) is 38.6 Å². The number of benzene rings is 2. The molecule has 0 bridgehead atoms. The van der Waals surface area contributed by atoms with Crippen molar-refractivity contribution < 1.29 is 23.2 Å². The summed E-state index contributed by atoms with van der Waals surface area (Å²) >= 11 is 0. The van der Waals surface area contributed by atoms with Gasteiger partial charge in [0.15, 0.2) is 0 Å². The minimum Gasteiger partial charge on any atom is -0.354 e. The quantitative estimate of drug-likeness (QED) is 0.509. The number of urea groups is 1. The number of aromatic amines is 1. The first-order valence-electron chi connectivity index (χ1n) is 10.2. The molecule has 4 rings (SSSR count). The third-order valence-corrected chi connectivity index (χ3v) is 5.81. The van der Waals surface area contributed by atoms with E-state index in [0.717, 1.165) is 0 Å². The second kappa shape index (κ2) is 8.07. The van der Waals surface area contributed by atoms with Gasteiger partial charge in [-0.25, -0.2) is 13.6 Å². The first-order valence-corrected chi connectivity index (χ1v) is 10.2. The summed E-state index contributed by atoms with van der Waals surface area (Å²) in [6, 6.07) is 9.44. The molecule has 0 saturated carbocycles. The highest BCUT2D eigenvalue weighted by Gasteiger charge is 2.47. The number of aryl methyl sites for hydroxylation is 1. The molecule has 4 amide bonds. The molecule has 7 nitrogen and oxygen atoms in total. The van der Waals surface area contributed by atoms with Gasteiger partial charge in [0.2, 0.25) is 5.91 Å². The van der Waals surface area contributed by atoms with Crippen molar-refractivity contribution in [1.29, 1.82) is 0 Å². The van der Waals surface area contributed by atoms with Gasteiger partial charge in [-0.15, -0.1) is 0 Å². The van der Waals surface area contributed by atoms with Gasteiger partial charge < -0.3 is 10.3 Å². The molecule has 32 heavy (non-hydrogen) atoms. The van der Waals surface area contributed by atoms with Crippen molar-refractivity contribution in [2.24, 2.45) is 0 Å². The molecule has 2 aromatic carbocycles. The van der Waals surface area contributed by atoms with E-state index in [1.54, 1.807) is 32.0 Å². The van der Waals surface area contributed by atoms with Crippen LogP contribution in [-0.2, 0) is 16.0 Å². The fourth-order valence-corrected chi connectivity index (χ4v) is 3.79. The second-order valence-electron chi connectivity index (χ2n) is 7.97. The van der Waals surface area contributed by atoms with E-state index in [2.05, 4.69) is 15.7 Å². The first kappa shape index (κ1) is 21.5. The lowest BCUT2D eigenvalue weighted by molar-refractivity contribution is -0.138. The summed E-state index contributed by atoms with van der Waals surface area (Å²) in [6.45, 7) is 3.35. The second-order valence-corrected chi connectivity index (χ2v) is 7.97. The summed E-state index contributed by atoms with van der Waals surface area (Å²) in [5.41, 5.74) is 3.98. The van der Waals surface area contributed by atoms with E-state index in [1.165, 1.54) is 24.3 Å². The highest BCUT2D eigenvalue weighted by molar-refractivity contribution is 6.07. The van der Waals surface area contributed by atoms with Crippen LogP contribution in [0.4, 0.5) is 13.6 Å². The van der Waals surface area contributed by atoms with Gasteiger partial charge in [0.25, 0.3) is 5.91 Å². The monoisotopic (exact) mass is 440 g/mol. The van der Waals surface area contributed by atoms with Crippen molar-refractivity contribution in [2.75, 3.05) is 0 Å². The number of amides is 4. The van der Waals surface area contributed by atoms with Crippen LogP contribution in [0.5, 0.6) is 0 Å². The number of fused-ring (bicyclic) bond motifs is 1. The normalized spacial score (nSPS) is 18.3. The molecule has 0 aliphatic carbocycles. The SMILES string of the molecule is CCC1(C)NC(=O)N(NC(=O)CCc2c(-c3ccc(F)cc3)[nH]c3ccc(F)cc23)C1=O. The third-order valence-electron chi connectivity index (χ3n) is 5.81. The summed E-state index contributed by atoms with van der Waals surface area (Å²) in [4.78, 5) is 40.3. The van der Waals surface area contributed by atoms with E-state index < -0.39 is 29.2 Å². The van der Waals surface area contributed by atoms with Gasteiger partial charge in [-0.05, 0) is 73.4 Å². The number of aromatic nitrogens is 1. The van der Waals surface area contributed by atoms with E-state index in [4.69, 9.17) is 0 Å². The molecule has 166 valence electrons. The third kappa shape index (κ3) is 3.81. The summed E-state index contributed by atoms with van der Waals surface area (Å²) in [5, 5.41) is 3.86. The van der Waals surface area contributed by atoms with Crippen LogP contribution in [0.3, 0.4) is 0 Å². The Hall–Kier alpha value is -3.75. The summed E-state index contributed by atoms with van der Waals surface area (Å²) in [7, 11) is 0. The number of H-pyrrole nitrogens is 1. The zero-order valence-corrected chi connectivity index (χ0v) is 17.6. The molecule has 1 fully saturated rings. The first-order chi connectivity index (χ1) is 15.2. The van der Waals surface area contributed by atoms with E-state index in [-0.39, 0.29) is 18.7 Å². The van der Waals surface area contributed by atoms with Crippen molar-refractivity contribution in [3.63, 3.8) is 0 Å². The Balaban J connectivity index is 1.57. The number of nitrogens with zero attached hydrogens (tertiary/aromatic N) is 1. The van der Waals surface area contributed by atoms with Crippen LogP contribution in [0, 0.1) is 11.6 Å². The topological polar surface area (TPSA) is 94.3 Å². The number of carbonyl (C=O) groups is 3. The predicted octanol–water partition coefficient (Wildman–Crippen LogP) is 3.80. The number of hydrogen-bond acceptors (Lipinski definition) is 3. The largest absolute Gasteiger partial charge is 0.354 e. The molecule has 0 radical (unpaired) electrons. The number of rotatable bonds is 6. The molecular weight excluding hydrogens is 418 g/mol. The number of hydrazine groups is 1. The Bertz CT molecular complexity index is 1220. The van der Waals surface area contributed by atoms with Crippen LogP contribution in [-0.4, -0.2) is 33.4 Å². The van der Waals surface area contributed by atoms with Gasteiger partial charge in [0.05, 0.1) is 0 Å². The maximum atomic E-state index is 13.9. The van der Waals surface area contributed by atoms with E-state index >= 15 is 0 Å². The Morgan fingerprint density at radius 3 is 2.44 bits per heavy atom. The number of nitrogens with one attached hydrogen (secondary N) is 3. The molecule has 1 unspecified atom stereocenters. The zero-order chi connectivity index (χ0) is 23.0. The van der Waals surface area contributed by atoms with E-state index in [0.29, 0.717) is 39.2 Å². The average molecular weight is 440 g/mol. The van der Waals surface area contributed by atoms with Crippen molar-refractivity contribution >= 4 is 28.7 Å². The van der Waals surface area contributed by atoms with Crippen LogP contribution in [0.2, 0.25) is 0 Å². The van der Waals surface area contributed by atoms with Crippen molar-refractivity contribution in [3.05, 3.63) is 59.7 Å². The highest BCUT2D eigenvalue weighted by Crippen LogP contribution is 2.32. The molecule has 0 spiro atoms. The van der Waals surface area contributed by atoms with Gasteiger partial charge in [-0.3, -0.25) is 15.0 Å². The van der Waals surface area contributed by atoms with Crippen LogP contribution in [0.25, 0.3) is 22.2 Å². The molecule has 9 heteroatoms. The standard InChI is InChI=1S/C23H22F2N4O3/c1-3-23(2)21(31)29(22(32)27-23)28-19(30)11-9-16-17-12-15(25)8-10-18(17)26-20(16)13-4-6-14(24)7-5-13/h4-8,10,12,26H,3,9,11H2,1-2H3,(H,27,32)(H,28,30). The van der Waals surface area contributed by atoms with Gasteiger partial charge >= 0.3 is 6.03 Å². The highest BCUT2D eigenvalue weighted by atomic mass is 19.1. The molecule has 1 aliphatic rings. The Morgan fingerprint density at radius 1 is 1.09 bits per heavy atom. The number of halogens is 2. The fraction of sp³-hybridized carbons (Fsp3) is 0.261. The lowest BCUT2D eigenvalue weighted by Crippen LogP contribution is -2.48. The van der Waals surface area contributed by atoms with Crippen LogP contribution >= 0.6 is 0 Å². The summed E-state index contributed by atoms with van der Waals surface area (Å²) < 4.78 is 27.3. The lowest BCUT2D eigenvalue weighted by atomic mass is 10.00. The minimum absolute atomic E-state index is 0.0580. The Kier molecular flexibility index (Phi) is 5.41. The molecule has 1 aromatic heterocycles. The lowest BCUT2D eigenvalue weighted by Gasteiger charge is -2.19. The molecule has 1 atom stereocenters. The van der Waals surface area contributed by atoms with Gasteiger partial charge in [0, 0.05) is 23.0 Å². The number of imide groups is 1. The van der Waals surface area contributed by atoms with Gasteiger partial charge in [-0.1, -0.05) is 6.92 Å². The minimum atomic E-state index is -1.06. The fourth-order valence-electron chi connectivity index (χ4n) is 3.79. The van der Waals surface area contributed by atoms with Crippen LogP contribution in [0.15, 0.2) is 42.5 Å². The Labute approximate surface area is 182 Å².